The van der Waals surface area contributed by atoms with Crippen LogP contribution in [0.2, 0.25) is 0 Å². The fourth-order valence-corrected chi connectivity index (χ4v) is 3.14. The Morgan fingerprint density at radius 3 is 2.42 bits per heavy atom. The van der Waals surface area contributed by atoms with E-state index in [-0.39, 0.29) is 18.9 Å². The molecule has 1 aromatic heterocycles. The summed E-state index contributed by atoms with van der Waals surface area (Å²) >= 11 is 0. The van der Waals surface area contributed by atoms with Crippen molar-refractivity contribution >= 4 is 5.91 Å². The minimum Gasteiger partial charge on any atom is -0.337 e. The summed E-state index contributed by atoms with van der Waals surface area (Å²) in [4.78, 5) is 16.5. The predicted molar refractivity (Wildman–Crippen MR) is 113 cm³/mol. The molecule has 1 amide bonds. The number of hydrogen-bond acceptors (Lipinski definition) is 3. The van der Waals surface area contributed by atoms with Gasteiger partial charge >= 0.3 is 6.18 Å². The normalized spacial score (nSPS) is 11.7. The van der Waals surface area contributed by atoms with Crippen LogP contribution in [0.3, 0.4) is 0 Å². The molecule has 1 heterocycles. The van der Waals surface area contributed by atoms with E-state index in [1.165, 1.54) is 6.07 Å². The third-order valence-electron chi connectivity index (χ3n) is 4.81. The SMILES string of the molecule is CN(C)CCN(Cc1cccc(C(F)(F)F)c1)C(=O)Cc1cnn(-c2ccccc2)c1. The predicted octanol–water partition coefficient (Wildman–Crippen LogP) is 4.02. The highest BCUT2D eigenvalue weighted by Crippen LogP contribution is 2.29. The molecule has 0 bridgehead atoms. The van der Waals surface area contributed by atoms with Gasteiger partial charge in [-0.2, -0.15) is 18.3 Å². The van der Waals surface area contributed by atoms with Crippen molar-refractivity contribution in [1.82, 2.24) is 19.6 Å². The number of benzene rings is 2. The minimum absolute atomic E-state index is 0.114. The van der Waals surface area contributed by atoms with Gasteiger partial charge in [0.15, 0.2) is 0 Å². The second-order valence-corrected chi connectivity index (χ2v) is 7.62. The molecule has 5 nitrogen and oxygen atoms in total. The van der Waals surface area contributed by atoms with Crippen LogP contribution in [0, 0.1) is 0 Å². The summed E-state index contributed by atoms with van der Waals surface area (Å²) in [5.74, 6) is -0.160. The van der Waals surface area contributed by atoms with Gasteiger partial charge in [-0.05, 0) is 49.5 Å². The Labute approximate surface area is 179 Å². The van der Waals surface area contributed by atoms with E-state index in [0.29, 0.717) is 18.7 Å². The number of likely N-dealkylation sites (N-methyl/N-ethyl adjacent to an activating group) is 1. The molecule has 0 spiro atoms. The Morgan fingerprint density at radius 1 is 1.00 bits per heavy atom. The molecule has 8 heteroatoms. The molecule has 0 N–H and O–H groups in total. The Hall–Kier alpha value is -3.13. The van der Waals surface area contributed by atoms with Crippen molar-refractivity contribution in [3.05, 3.63) is 83.7 Å². The van der Waals surface area contributed by atoms with Crippen molar-refractivity contribution in [2.75, 3.05) is 27.2 Å². The van der Waals surface area contributed by atoms with Crippen LogP contribution < -0.4 is 0 Å². The molecule has 164 valence electrons. The maximum atomic E-state index is 13.1. The van der Waals surface area contributed by atoms with Crippen LogP contribution in [0.15, 0.2) is 67.0 Å². The summed E-state index contributed by atoms with van der Waals surface area (Å²) in [6.07, 6.45) is -0.860. The molecule has 0 fully saturated rings. The number of nitrogens with zero attached hydrogens (tertiary/aromatic N) is 4. The molecule has 0 saturated heterocycles. The second kappa shape index (κ2) is 9.78. The van der Waals surface area contributed by atoms with Gasteiger partial charge in [0.1, 0.15) is 0 Å². The van der Waals surface area contributed by atoms with Gasteiger partial charge in [0.2, 0.25) is 5.91 Å². The maximum Gasteiger partial charge on any atom is 0.416 e. The summed E-state index contributed by atoms with van der Waals surface area (Å²) in [6, 6.07) is 14.7. The van der Waals surface area contributed by atoms with Gasteiger partial charge in [-0.15, -0.1) is 0 Å². The Bertz CT molecular complexity index is 999. The van der Waals surface area contributed by atoms with Crippen LogP contribution in [0.4, 0.5) is 13.2 Å². The quantitative estimate of drug-likeness (QED) is 0.542. The van der Waals surface area contributed by atoms with E-state index in [9.17, 15) is 18.0 Å². The van der Waals surface area contributed by atoms with E-state index in [0.717, 1.165) is 23.4 Å². The molecule has 0 aliphatic carbocycles. The van der Waals surface area contributed by atoms with Gasteiger partial charge < -0.3 is 9.80 Å². The first-order valence-electron chi connectivity index (χ1n) is 9.90. The van der Waals surface area contributed by atoms with Crippen LogP contribution in [-0.2, 0) is 23.9 Å². The van der Waals surface area contributed by atoms with E-state index in [1.54, 1.807) is 28.0 Å². The molecule has 31 heavy (non-hydrogen) atoms. The first kappa shape index (κ1) is 22.6. The molecule has 3 rings (SSSR count). The zero-order valence-electron chi connectivity index (χ0n) is 17.5. The molecule has 3 aromatic rings. The lowest BCUT2D eigenvalue weighted by atomic mass is 10.1. The van der Waals surface area contributed by atoms with E-state index in [1.807, 2.05) is 49.3 Å². The third kappa shape index (κ3) is 6.42. The van der Waals surface area contributed by atoms with E-state index < -0.39 is 11.7 Å². The maximum absolute atomic E-state index is 13.1. The average molecular weight is 430 g/mol. The smallest absolute Gasteiger partial charge is 0.337 e. The number of aromatic nitrogens is 2. The first-order valence-corrected chi connectivity index (χ1v) is 9.90. The fraction of sp³-hybridized carbons (Fsp3) is 0.304. The lowest BCUT2D eigenvalue weighted by Gasteiger charge is -2.25. The number of para-hydroxylation sites is 1. The van der Waals surface area contributed by atoms with E-state index >= 15 is 0 Å². The molecule has 0 saturated carbocycles. The molecule has 2 aromatic carbocycles. The lowest BCUT2D eigenvalue weighted by Crippen LogP contribution is -2.37. The highest BCUT2D eigenvalue weighted by Gasteiger charge is 2.30. The van der Waals surface area contributed by atoms with Crippen molar-refractivity contribution in [1.29, 1.82) is 0 Å². The zero-order chi connectivity index (χ0) is 22.4. The second-order valence-electron chi connectivity index (χ2n) is 7.62. The molecular formula is C23H25F3N4O. The topological polar surface area (TPSA) is 41.4 Å². The number of carbonyl (C=O) groups excluding carboxylic acids is 1. The van der Waals surface area contributed by atoms with Gasteiger partial charge in [0, 0.05) is 25.8 Å². The van der Waals surface area contributed by atoms with Crippen LogP contribution in [0.5, 0.6) is 0 Å². The number of hydrogen-bond donors (Lipinski definition) is 0. The fourth-order valence-electron chi connectivity index (χ4n) is 3.14. The van der Waals surface area contributed by atoms with Crippen molar-refractivity contribution in [3.8, 4) is 5.69 Å². The largest absolute Gasteiger partial charge is 0.416 e. The van der Waals surface area contributed by atoms with Crippen molar-refractivity contribution < 1.29 is 18.0 Å². The summed E-state index contributed by atoms with van der Waals surface area (Å²) < 4.78 is 40.8. The van der Waals surface area contributed by atoms with Crippen molar-refractivity contribution in [2.45, 2.75) is 19.1 Å². The molecule has 0 radical (unpaired) electrons. The Morgan fingerprint density at radius 2 is 1.74 bits per heavy atom. The molecule has 0 atom stereocenters. The van der Waals surface area contributed by atoms with Gasteiger partial charge in [-0.25, -0.2) is 4.68 Å². The van der Waals surface area contributed by atoms with Crippen LogP contribution in [-0.4, -0.2) is 52.7 Å². The molecule has 0 aliphatic rings. The monoisotopic (exact) mass is 430 g/mol. The first-order chi connectivity index (χ1) is 14.7. The summed E-state index contributed by atoms with van der Waals surface area (Å²) in [5, 5.41) is 4.31. The van der Waals surface area contributed by atoms with Gasteiger partial charge in [0.05, 0.1) is 23.9 Å². The summed E-state index contributed by atoms with van der Waals surface area (Å²) in [5.41, 5.74) is 1.36. The molecule has 0 aliphatic heterocycles. The third-order valence-corrected chi connectivity index (χ3v) is 4.81. The highest BCUT2D eigenvalue weighted by molar-refractivity contribution is 5.78. The Kier molecular flexibility index (Phi) is 7.12. The number of rotatable bonds is 8. The zero-order valence-corrected chi connectivity index (χ0v) is 17.5. The average Bonchev–Trinajstić information content (AvgIpc) is 3.19. The van der Waals surface area contributed by atoms with Gasteiger partial charge in [-0.3, -0.25) is 4.79 Å². The van der Waals surface area contributed by atoms with E-state index in [4.69, 9.17) is 0 Å². The van der Waals surface area contributed by atoms with Crippen molar-refractivity contribution in [3.63, 3.8) is 0 Å². The molecular weight excluding hydrogens is 405 g/mol. The van der Waals surface area contributed by atoms with Gasteiger partial charge in [0.25, 0.3) is 0 Å². The highest BCUT2D eigenvalue weighted by atomic mass is 19.4. The van der Waals surface area contributed by atoms with E-state index in [2.05, 4.69) is 5.10 Å². The minimum atomic E-state index is -4.42. The lowest BCUT2D eigenvalue weighted by molar-refractivity contribution is -0.137. The van der Waals surface area contributed by atoms with Crippen LogP contribution in [0.1, 0.15) is 16.7 Å². The van der Waals surface area contributed by atoms with Gasteiger partial charge in [-0.1, -0.05) is 30.3 Å². The number of amides is 1. The summed E-state index contributed by atoms with van der Waals surface area (Å²) in [7, 11) is 3.77. The summed E-state index contributed by atoms with van der Waals surface area (Å²) in [6.45, 7) is 1.13. The van der Waals surface area contributed by atoms with Crippen LogP contribution in [0.25, 0.3) is 5.69 Å². The Balaban J connectivity index is 1.74. The van der Waals surface area contributed by atoms with Crippen LogP contribution >= 0.6 is 0 Å². The number of carbonyl (C=O) groups is 1. The standard InChI is InChI=1S/C23H25F3N4O/c1-28(2)11-12-29(16-18-7-6-8-20(13-18)23(24,25)26)22(31)14-19-15-27-30(17-19)21-9-4-3-5-10-21/h3-10,13,15,17H,11-12,14,16H2,1-2H3. The number of alkyl halides is 3. The van der Waals surface area contributed by atoms with Crippen molar-refractivity contribution in [2.24, 2.45) is 0 Å². The number of halogens is 3. The molecule has 0 unspecified atom stereocenters.